The molecule has 0 aliphatic carbocycles. The van der Waals surface area contributed by atoms with E-state index in [2.05, 4.69) is 11.4 Å². The van der Waals surface area contributed by atoms with Crippen LogP contribution in [0.4, 0.5) is 0 Å². The van der Waals surface area contributed by atoms with Gasteiger partial charge in [-0.3, -0.25) is 9.59 Å². The first-order chi connectivity index (χ1) is 13.2. The van der Waals surface area contributed by atoms with Crippen molar-refractivity contribution in [3.63, 3.8) is 0 Å². The van der Waals surface area contributed by atoms with Gasteiger partial charge >= 0.3 is 0 Å². The summed E-state index contributed by atoms with van der Waals surface area (Å²) in [5.74, 6) is 0.194. The molecule has 0 aliphatic rings. The number of aryl methyl sites for hydroxylation is 2. The van der Waals surface area contributed by atoms with Gasteiger partial charge in [0.05, 0.1) is 0 Å². The summed E-state index contributed by atoms with van der Waals surface area (Å²) in [5.41, 5.74) is 4.07. The fraction of sp³-hybridized carbons (Fsp3) is 0.364. The molecule has 0 saturated heterocycles. The lowest BCUT2D eigenvalue weighted by Gasteiger charge is -2.28. The minimum atomic E-state index is -0.628. The van der Waals surface area contributed by atoms with Crippen LogP contribution >= 0.6 is 11.6 Å². The fourth-order valence-corrected chi connectivity index (χ4v) is 3.08. The number of amides is 2. The number of hydrogen-bond donors (Lipinski definition) is 1. The summed E-state index contributed by atoms with van der Waals surface area (Å²) < 4.78 is 5.82. The smallest absolute Gasteiger partial charge is 0.261 e. The normalized spacial score (nSPS) is 11.6. The Hall–Kier alpha value is -2.53. The van der Waals surface area contributed by atoms with Crippen LogP contribution in [0.25, 0.3) is 0 Å². The van der Waals surface area contributed by atoms with Crippen molar-refractivity contribution >= 4 is 23.4 Å². The Morgan fingerprint density at radius 3 is 2.39 bits per heavy atom. The standard InChI is InChI=1S/C22H27ClN2O3/c1-14-10-15(2)16(3)20(11-14)28-13-21(26)25(17(4)22(27)24-5)12-18-6-8-19(23)9-7-18/h6-11,17H,12-13H2,1-5H3,(H,24,27)/t17-/m1/s1. The molecule has 0 bridgehead atoms. The molecular formula is C22H27ClN2O3. The third kappa shape index (κ3) is 5.49. The van der Waals surface area contributed by atoms with Gasteiger partial charge < -0.3 is 15.0 Å². The quantitative estimate of drug-likeness (QED) is 0.766. The first-order valence-electron chi connectivity index (χ1n) is 9.19. The summed E-state index contributed by atoms with van der Waals surface area (Å²) in [6, 6.07) is 10.6. The Morgan fingerprint density at radius 1 is 1.14 bits per heavy atom. The molecule has 2 amide bonds. The van der Waals surface area contributed by atoms with Gasteiger partial charge in [0.15, 0.2) is 6.61 Å². The highest BCUT2D eigenvalue weighted by molar-refractivity contribution is 6.30. The number of benzene rings is 2. The molecule has 0 unspecified atom stereocenters. The maximum atomic E-state index is 12.9. The highest BCUT2D eigenvalue weighted by Crippen LogP contribution is 2.23. The predicted molar refractivity (Wildman–Crippen MR) is 112 cm³/mol. The number of rotatable bonds is 7. The van der Waals surface area contributed by atoms with Crippen molar-refractivity contribution in [3.05, 3.63) is 63.7 Å². The van der Waals surface area contributed by atoms with Crippen molar-refractivity contribution in [3.8, 4) is 5.75 Å². The summed E-state index contributed by atoms with van der Waals surface area (Å²) >= 11 is 5.94. The van der Waals surface area contributed by atoms with Gasteiger partial charge in [0.1, 0.15) is 11.8 Å². The van der Waals surface area contributed by atoms with Gasteiger partial charge in [0.25, 0.3) is 5.91 Å². The number of hydrogen-bond acceptors (Lipinski definition) is 3. The van der Waals surface area contributed by atoms with Gasteiger partial charge in [-0.2, -0.15) is 0 Å². The number of carbonyl (C=O) groups excluding carboxylic acids is 2. The molecule has 150 valence electrons. The van der Waals surface area contributed by atoms with Crippen molar-refractivity contribution in [2.24, 2.45) is 0 Å². The van der Waals surface area contributed by atoms with E-state index in [1.807, 2.05) is 39.0 Å². The van der Waals surface area contributed by atoms with Crippen molar-refractivity contribution in [1.82, 2.24) is 10.2 Å². The van der Waals surface area contributed by atoms with Crippen molar-refractivity contribution in [2.45, 2.75) is 40.3 Å². The third-order valence-electron chi connectivity index (χ3n) is 4.80. The van der Waals surface area contributed by atoms with Crippen molar-refractivity contribution in [2.75, 3.05) is 13.7 Å². The van der Waals surface area contributed by atoms with E-state index in [0.717, 1.165) is 22.3 Å². The van der Waals surface area contributed by atoms with E-state index in [4.69, 9.17) is 16.3 Å². The van der Waals surface area contributed by atoms with E-state index >= 15 is 0 Å². The number of likely N-dealkylation sites (N-methyl/N-ethyl adjacent to an activating group) is 1. The number of nitrogens with zero attached hydrogens (tertiary/aromatic N) is 1. The molecule has 1 atom stereocenters. The summed E-state index contributed by atoms with van der Waals surface area (Å²) in [5, 5.41) is 3.22. The molecule has 0 aliphatic heterocycles. The van der Waals surface area contributed by atoms with Gasteiger partial charge in [-0.1, -0.05) is 29.8 Å². The van der Waals surface area contributed by atoms with E-state index in [1.54, 1.807) is 26.1 Å². The van der Waals surface area contributed by atoms with E-state index in [0.29, 0.717) is 17.3 Å². The van der Waals surface area contributed by atoms with Crippen LogP contribution in [-0.4, -0.2) is 36.4 Å². The van der Waals surface area contributed by atoms with Gasteiger partial charge in [0.2, 0.25) is 5.91 Å². The largest absolute Gasteiger partial charge is 0.483 e. The Balaban J connectivity index is 2.18. The average Bonchev–Trinajstić information content (AvgIpc) is 2.67. The van der Waals surface area contributed by atoms with Crippen LogP contribution in [-0.2, 0) is 16.1 Å². The first-order valence-corrected chi connectivity index (χ1v) is 9.57. The zero-order chi connectivity index (χ0) is 20.8. The predicted octanol–water partition coefficient (Wildman–Crippen LogP) is 3.81. The molecule has 0 fully saturated rings. The minimum absolute atomic E-state index is 0.140. The molecule has 0 heterocycles. The molecule has 28 heavy (non-hydrogen) atoms. The average molecular weight is 403 g/mol. The number of halogens is 1. The van der Waals surface area contributed by atoms with Crippen molar-refractivity contribution in [1.29, 1.82) is 0 Å². The molecule has 0 saturated carbocycles. The van der Waals surface area contributed by atoms with Crippen molar-refractivity contribution < 1.29 is 14.3 Å². The zero-order valence-corrected chi connectivity index (χ0v) is 17.8. The molecular weight excluding hydrogens is 376 g/mol. The number of ether oxygens (including phenoxy) is 1. The van der Waals surface area contributed by atoms with Gasteiger partial charge in [-0.25, -0.2) is 0 Å². The lowest BCUT2D eigenvalue weighted by molar-refractivity contribution is -0.142. The topological polar surface area (TPSA) is 58.6 Å². The van der Waals surface area contributed by atoms with Gasteiger partial charge in [-0.05, 0) is 68.1 Å². The third-order valence-corrected chi connectivity index (χ3v) is 5.05. The van der Waals surface area contributed by atoms with Crippen LogP contribution in [0.1, 0.15) is 29.2 Å². The van der Waals surface area contributed by atoms with Crippen LogP contribution in [0.3, 0.4) is 0 Å². The summed E-state index contributed by atoms with van der Waals surface area (Å²) in [6.45, 7) is 7.82. The Bertz CT molecular complexity index is 850. The van der Waals surface area contributed by atoms with Gasteiger partial charge in [0, 0.05) is 18.6 Å². The van der Waals surface area contributed by atoms with Crippen LogP contribution < -0.4 is 10.1 Å². The summed E-state index contributed by atoms with van der Waals surface area (Å²) in [7, 11) is 1.55. The maximum Gasteiger partial charge on any atom is 0.261 e. The Labute approximate surface area is 171 Å². The highest BCUT2D eigenvalue weighted by Gasteiger charge is 2.26. The lowest BCUT2D eigenvalue weighted by atomic mass is 10.1. The second-order valence-electron chi connectivity index (χ2n) is 6.93. The first kappa shape index (κ1) is 21.8. The second-order valence-corrected chi connectivity index (χ2v) is 7.37. The summed E-state index contributed by atoms with van der Waals surface area (Å²) in [6.07, 6.45) is 0. The highest BCUT2D eigenvalue weighted by atomic mass is 35.5. The zero-order valence-electron chi connectivity index (χ0n) is 17.0. The number of nitrogens with one attached hydrogen (secondary N) is 1. The Morgan fingerprint density at radius 2 is 1.79 bits per heavy atom. The van der Waals surface area contributed by atoms with E-state index in [1.165, 1.54) is 4.90 Å². The van der Waals surface area contributed by atoms with Crippen LogP contribution in [0.5, 0.6) is 5.75 Å². The molecule has 0 radical (unpaired) electrons. The molecule has 2 aromatic rings. The molecule has 0 spiro atoms. The van der Waals surface area contributed by atoms with Crippen LogP contribution in [0, 0.1) is 20.8 Å². The van der Waals surface area contributed by atoms with Gasteiger partial charge in [-0.15, -0.1) is 0 Å². The second kappa shape index (κ2) is 9.60. The summed E-state index contributed by atoms with van der Waals surface area (Å²) in [4.78, 5) is 26.6. The molecule has 2 aromatic carbocycles. The molecule has 5 nitrogen and oxygen atoms in total. The van der Waals surface area contributed by atoms with E-state index < -0.39 is 6.04 Å². The maximum absolute atomic E-state index is 12.9. The molecule has 0 aromatic heterocycles. The Kier molecular flexibility index (Phi) is 7.46. The number of carbonyl (C=O) groups is 2. The molecule has 6 heteroatoms. The molecule has 1 N–H and O–H groups in total. The lowest BCUT2D eigenvalue weighted by Crippen LogP contribution is -2.48. The minimum Gasteiger partial charge on any atom is -0.483 e. The monoisotopic (exact) mass is 402 g/mol. The SMILES string of the molecule is CNC(=O)[C@@H](C)N(Cc1ccc(Cl)cc1)C(=O)COc1cc(C)cc(C)c1C. The van der Waals surface area contributed by atoms with Crippen LogP contribution in [0.15, 0.2) is 36.4 Å². The van der Waals surface area contributed by atoms with Crippen LogP contribution in [0.2, 0.25) is 5.02 Å². The fourth-order valence-electron chi connectivity index (χ4n) is 2.95. The van der Waals surface area contributed by atoms with E-state index in [-0.39, 0.29) is 18.4 Å². The van der Waals surface area contributed by atoms with E-state index in [9.17, 15) is 9.59 Å². The molecule has 2 rings (SSSR count).